The summed E-state index contributed by atoms with van der Waals surface area (Å²) in [4.78, 5) is 30.2. The minimum atomic E-state index is -0.0755. The first-order chi connectivity index (χ1) is 11.5. The molecule has 24 heavy (non-hydrogen) atoms. The van der Waals surface area contributed by atoms with Crippen molar-refractivity contribution in [2.45, 2.75) is 38.8 Å². The molecule has 128 valence electrons. The zero-order valence-electron chi connectivity index (χ0n) is 14.2. The normalized spacial score (nSPS) is 17.2. The first kappa shape index (κ1) is 16.4. The molecule has 0 saturated heterocycles. The molecule has 1 amide bonds. The highest BCUT2D eigenvalue weighted by Gasteiger charge is 2.23. The molecule has 0 bridgehead atoms. The van der Waals surface area contributed by atoms with Crippen molar-refractivity contribution in [2.24, 2.45) is 5.92 Å². The summed E-state index contributed by atoms with van der Waals surface area (Å²) in [6, 6.07) is 3.79. The lowest BCUT2D eigenvalue weighted by Gasteiger charge is -2.16. The Labute approximate surface area is 140 Å². The van der Waals surface area contributed by atoms with Crippen LogP contribution in [0.15, 0.2) is 29.3 Å². The Hall–Kier alpha value is -2.44. The maximum Gasteiger partial charge on any atom is 0.346 e. The van der Waals surface area contributed by atoms with E-state index in [1.165, 1.54) is 4.68 Å². The Balaban J connectivity index is 1.71. The van der Waals surface area contributed by atoms with Crippen LogP contribution >= 0.6 is 0 Å². The SMILES string of the molecule is CN(C)C(=O)CC1CCc2nn(Cc3cccnc3)c(=O)n2CC1. The van der Waals surface area contributed by atoms with Gasteiger partial charge < -0.3 is 4.90 Å². The van der Waals surface area contributed by atoms with Crippen LogP contribution in [-0.4, -0.2) is 44.2 Å². The largest absolute Gasteiger partial charge is 0.349 e. The Morgan fingerprint density at radius 3 is 2.92 bits per heavy atom. The van der Waals surface area contributed by atoms with Gasteiger partial charge in [0, 0.05) is 45.9 Å². The summed E-state index contributed by atoms with van der Waals surface area (Å²) in [6.45, 7) is 1.07. The van der Waals surface area contributed by atoms with Gasteiger partial charge in [0.15, 0.2) is 0 Å². The lowest BCUT2D eigenvalue weighted by molar-refractivity contribution is -0.129. The Morgan fingerprint density at radius 2 is 2.21 bits per heavy atom. The third-order valence-electron chi connectivity index (χ3n) is 4.55. The minimum Gasteiger partial charge on any atom is -0.349 e. The van der Waals surface area contributed by atoms with Crippen LogP contribution < -0.4 is 5.69 Å². The van der Waals surface area contributed by atoms with Crippen molar-refractivity contribution >= 4 is 5.91 Å². The second-order valence-corrected chi connectivity index (χ2v) is 6.56. The van der Waals surface area contributed by atoms with Gasteiger partial charge in [-0.2, -0.15) is 5.10 Å². The average Bonchev–Trinajstić information content (AvgIpc) is 2.74. The second kappa shape index (κ2) is 6.98. The second-order valence-electron chi connectivity index (χ2n) is 6.56. The molecular formula is C17H23N5O2. The fourth-order valence-corrected chi connectivity index (χ4v) is 3.09. The number of hydrogen-bond acceptors (Lipinski definition) is 4. The van der Waals surface area contributed by atoms with Crippen LogP contribution in [0.3, 0.4) is 0 Å². The highest BCUT2D eigenvalue weighted by Crippen LogP contribution is 2.21. The fraction of sp³-hybridized carbons (Fsp3) is 0.529. The monoisotopic (exact) mass is 329 g/mol. The summed E-state index contributed by atoms with van der Waals surface area (Å²) < 4.78 is 3.27. The zero-order chi connectivity index (χ0) is 17.1. The molecule has 0 aliphatic carbocycles. The Kier molecular flexibility index (Phi) is 4.78. The molecule has 1 aliphatic heterocycles. The number of aryl methyl sites for hydroxylation is 1. The molecule has 2 aromatic rings. The first-order valence-electron chi connectivity index (χ1n) is 8.30. The van der Waals surface area contributed by atoms with E-state index in [0.29, 0.717) is 25.4 Å². The molecule has 3 rings (SSSR count). The summed E-state index contributed by atoms with van der Waals surface area (Å²) in [5.74, 6) is 1.28. The molecule has 0 radical (unpaired) electrons. The Morgan fingerprint density at radius 1 is 1.38 bits per heavy atom. The van der Waals surface area contributed by atoms with Gasteiger partial charge in [-0.1, -0.05) is 6.07 Å². The van der Waals surface area contributed by atoms with Gasteiger partial charge in [-0.05, 0) is 30.4 Å². The standard InChI is InChI=1S/C17H23N5O2/c1-20(2)16(23)10-13-5-6-15-19-22(17(24)21(15)9-7-13)12-14-4-3-8-18-11-14/h3-4,8,11,13H,5-7,9-10,12H2,1-2H3. The van der Waals surface area contributed by atoms with Crippen molar-refractivity contribution in [3.8, 4) is 0 Å². The topological polar surface area (TPSA) is 73.0 Å². The minimum absolute atomic E-state index is 0.0755. The van der Waals surface area contributed by atoms with E-state index in [9.17, 15) is 9.59 Å². The lowest BCUT2D eigenvalue weighted by atomic mass is 9.96. The van der Waals surface area contributed by atoms with Crippen LogP contribution in [-0.2, 0) is 24.3 Å². The van der Waals surface area contributed by atoms with Gasteiger partial charge in [-0.15, -0.1) is 0 Å². The van der Waals surface area contributed by atoms with Crippen LogP contribution in [0.25, 0.3) is 0 Å². The van der Waals surface area contributed by atoms with E-state index in [1.807, 2.05) is 12.1 Å². The lowest BCUT2D eigenvalue weighted by Crippen LogP contribution is -2.27. The van der Waals surface area contributed by atoms with Gasteiger partial charge in [0.2, 0.25) is 5.91 Å². The van der Waals surface area contributed by atoms with E-state index in [4.69, 9.17) is 0 Å². The molecule has 0 N–H and O–H groups in total. The quantitative estimate of drug-likeness (QED) is 0.836. The molecule has 7 heteroatoms. The smallest absolute Gasteiger partial charge is 0.346 e. The number of nitrogens with zero attached hydrogens (tertiary/aromatic N) is 5. The van der Waals surface area contributed by atoms with E-state index in [0.717, 1.165) is 30.7 Å². The summed E-state index contributed by atoms with van der Waals surface area (Å²) >= 11 is 0. The molecule has 0 saturated carbocycles. The molecule has 7 nitrogen and oxygen atoms in total. The molecule has 0 aromatic carbocycles. The number of rotatable bonds is 4. The third-order valence-corrected chi connectivity index (χ3v) is 4.55. The first-order valence-corrected chi connectivity index (χ1v) is 8.30. The van der Waals surface area contributed by atoms with Gasteiger partial charge in [-0.25, -0.2) is 9.48 Å². The van der Waals surface area contributed by atoms with Crippen molar-refractivity contribution in [2.75, 3.05) is 14.1 Å². The summed E-state index contributed by atoms with van der Waals surface area (Å²) in [5, 5.41) is 4.50. The highest BCUT2D eigenvalue weighted by molar-refractivity contribution is 5.75. The number of carbonyl (C=O) groups excluding carboxylic acids is 1. The zero-order valence-corrected chi connectivity index (χ0v) is 14.2. The predicted octanol–water partition coefficient (Wildman–Crippen LogP) is 0.919. The van der Waals surface area contributed by atoms with Crippen LogP contribution in [0.5, 0.6) is 0 Å². The van der Waals surface area contributed by atoms with E-state index < -0.39 is 0 Å². The van der Waals surface area contributed by atoms with Crippen LogP contribution in [0.4, 0.5) is 0 Å². The number of fused-ring (bicyclic) bond motifs is 1. The summed E-state index contributed by atoms with van der Waals surface area (Å²) in [5.41, 5.74) is 0.885. The van der Waals surface area contributed by atoms with Crippen LogP contribution in [0, 0.1) is 5.92 Å². The van der Waals surface area contributed by atoms with E-state index in [1.54, 1.807) is 36.0 Å². The highest BCUT2D eigenvalue weighted by atomic mass is 16.2. The maximum atomic E-state index is 12.6. The van der Waals surface area contributed by atoms with E-state index >= 15 is 0 Å². The number of pyridine rings is 1. The predicted molar refractivity (Wildman–Crippen MR) is 89.6 cm³/mol. The van der Waals surface area contributed by atoms with Crippen molar-refractivity contribution in [1.29, 1.82) is 0 Å². The van der Waals surface area contributed by atoms with E-state index in [-0.39, 0.29) is 11.6 Å². The summed E-state index contributed by atoms with van der Waals surface area (Å²) in [6.07, 6.45) is 6.47. The van der Waals surface area contributed by atoms with Gasteiger partial charge in [0.25, 0.3) is 0 Å². The molecule has 1 atom stereocenters. The molecule has 1 aliphatic rings. The van der Waals surface area contributed by atoms with Crippen molar-refractivity contribution in [1.82, 2.24) is 24.2 Å². The number of amides is 1. The average molecular weight is 329 g/mol. The van der Waals surface area contributed by atoms with Crippen molar-refractivity contribution in [3.05, 3.63) is 46.4 Å². The van der Waals surface area contributed by atoms with Gasteiger partial charge in [0.1, 0.15) is 5.82 Å². The third kappa shape index (κ3) is 3.55. The summed E-state index contributed by atoms with van der Waals surface area (Å²) in [7, 11) is 3.56. The molecule has 0 spiro atoms. The number of aromatic nitrogens is 4. The van der Waals surface area contributed by atoms with E-state index in [2.05, 4.69) is 10.1 Å². The van der Waals surface area contributed by atoms with Gasteiger partial charge in [0.05, 0.1) is 6.54 Å². The number of carbonyl (C=O) groups is 1. The van der Waals surface area contributed by atoms with Gasteiger partial charge in [-0.3, -0.25) is 14.3 Å². The van der Waals surface area contributed by atoms with Crippen molar-refractivity contribution in [3.63, 3.8) is 0 Å². The van der Waals surface area contributed by atoms with Crippen molar-refractivity contribution < 1.29 is 4.79 Å². The molecular weight excluding hydrogens is 306 g/mol. The maximum absolute atomic E-state index is 12.6. The molecule has 3 heterocycles. The van der Waals surface area contributed by atoms with Crippen LogP contribution in [0.2, 0.25) is 0 Å². The fourth-order valence-electron chi connectivity index (χ4n) is 3.09. The Bertz CT molecular complexity index is 763. The molecule has 0 fully saturated rings. The van der Waals surface area contributed by atoms with Gasteiger partial charge >= 0.3 is 5.69 Å². The molecule has 2 aromatic heterocycles. The van der Waals surface area contributed by atoms with Crippen LogP contribution in [0.1, 0.15) is 30.7 Å². The molecule has 1 unspecified atom stereocenters. The number of hydrogen-bond donors (Lipinski definition) is 0.